The van der Waals surface area contributed by atoms with Gasteiger partial charge >= 0.3 is 0 Å². The number of aryl methyl sites for hydroxylation is 1. The lowest BCUT2D eigenvalue weighted by molar-refractivity contribution is -0.127. The molecule has 1 aromatic carbocycles. The van der Waals surface area contributed by atoms with E-state index in [0.717, 1.165) is 31.2 Å². The van der Waals surface area contributed by atoms with Gasteiger partial charge in [-0.3, -0.25) is 4.79 Å². The second-order valence-corrected chi connectivity index (χ2v) is 5.77. The maximum absolute atomic E-state index is 12.4. The van der Waals surface area contributed by atoms with Crippen LogP contribution in [0.15, 0.2) is 24.3 Å². The van der Waals surface area contributed by atoms with Crippen LogP contribution in [0.25, 0.3) is 0 Å². The second-order valence-electron chi connectivity index (χ2n) is 5.33. The minimum absolute atomic E-state index is 0.0148. The molecule has 4 heteroatoms. The lowest BCUT2D eigenvalue weighted by atomic mass is 9.85. The van der Waals surface area contributed by atoms with Gasteiger partial charge in [-0.2, -0.15) is 0 Å². The molecule has 0 saturated heterocycles. The summed E-state index contributed by atoms with van der Waals surface area (Å²) in [4.78, 5) is 12.7. The quantitative estimate of drug-likeness (QED) is 0.831. The maximum Gasteiger partial charge on any atom is 0.233 e. The number of amides is 1. The van der Waals surface area contributed by atoms with Crippen LogP contribution >= 0.6 is 12.2 Å². The Kier molecular flexibility index (Phi) is 4.20. The van der Waals surface area contributed by atoms with Crippen molar-refractivity contribution in [3.8, 4) is 0 Å². The molecule has 0 unspecified atom stereocenters. The molecule has 1 aliphatic carbocycles. The van der Waals surface area contributed by atoms with Gasteiger partial charge in [0.25, 0.3) is 0 Å². The SMILES string of the molecule is Cc1cccc(CNC(=O)C2(C(N)=S)CCCC2)c1. The molecule has 0 radical (unpaired) electrons. The number of benzene rings is 1. The van der Waals surface area contributed by atoms with E-state index in [2.05, 4.69) is 11.4 Å². The highest BCUT2D eigenvalue weighted by molar-refractivity contribution is 7.80. The summed E-state index contributed by atoms with van der Waals surface area (Å²) in [6.45, 7) is 2.57. The van der Waals surface area contributed by atoms with Crippen LogP contribution in [0.4, 0.5) is 0 Å². The van der Waals surface area contributed by atoms with Crippen molar-refractivity contribution < 1.29 is 4.79 Å². The van der Waals surface area contributed by atoms with E-state index in [1.54, 1.807) is 0 Å². The van der Waals surface area contributed by atoms with Gasteiger partial charge in [0.2, 0.25) is 5.91 Å². The Morgan fingerprint density at radius 3 is 2.68 bits per heavy atom. The molecule has 102 valence electrons. The van der Waals surface area contributed by atoms with Crippen LogP contribution in [0.1, 0.15) is 36.8 Å². The van der Waals surface area contributed by atoms with Gasteiger partial charge in [0.15, 0.2) is 0 Å². The van der Waals surface area contributed by atoms with Crippen LogP contribution < -0.4 is 11.1 Å². The summed E-state index contributed by atoms with van der Waals surface area (Å²) in [5, 5.41) is 2.98. The summed E-state index contributed by atoms with van der Waals surface area (Å²) in [5.74, 6) is -0.0148. The molecule has 3 nitrogen and oxygen atoms in total. The van der Waals surface area contributed by atoms with Crippen molar-refractivity contribution in [2.75, 3.05) is 0 Å². The lowest BCUT2D eigenvalue weighted by Crippen LogP contribution is -2.46. The summed E-state index contributed by atoms with van der Waals surface area (Å²) in [7, 11) is 0. The first-order valence-electron chi connectivity index (χ1n) is 6.68. The van der Waals surface area contributed by atoms with Crippen molar-refractivity contribution in [1.29, 1.82) is 0 Å². The van der Waals surface area contributed by atoms with Gasteiger partial charge in [-0.15, -0.1) is 0 Å². The monoisotopic (exact) mass is 276 g/mol. The fraction of sp³-hybridized carbons (Fsp3) is 0.467. The maximum atomic E-state index is 12.4. The molecule has 0 spiro atoms. The van der Waals surface area contributed by atoms with Crippen molar-refractivity contribution in [2.24, 2.45) is 11.1 Å². The van der Waals surface area contributed by atoms with Gasteiger partial charge in [-0.25, -0.2) is 0 Å². The van der Waals surface area contributed by atoms with E-state index < -0.39 is 5.41 Å². The Bertz CT molecular complexity index is 493. The van der Waals surface area contributed by atoms with E-state index in [9.17, 15) is 4.79 Å². The zero-order valence-electron chi connectivity index (χ0n) is 11.2. The summed E-state index contributed by atoms with van der Waals surface area (Å²) >= 11 is 5.11. The molecule has 1 fully saturated rings. The lowest BCUT2D eigenvalue weighted by Gasteiger charge is -2.26. The van der Waals surface area contributed by atoms with Crippen LogP contribution in [0.3, 0.4) is 0 Å². The number of nitrogens with one attached hydrogen (secondary N) is 1. The minimum Gasteiger partial charge on any atom is -0.392 e. The highest BCUT2D eigenvalue weighted by Gasteiger charge is 2.43. The Morgan fingerprint density at radius 1 is 1.42 bits per heavy atom. The molecule has 0 aliphatic heterocycles. The first-order chi connectivity index (χ1) is 9.04. The van der Waals surface area contributed by atoms with E-state index >= 15 is 0 Å². The third kappa shape index (κ3) is 2.95. The van der Waals surface area contributed by atoms with Crippen LogP contribution in [0, 0.1) is 12.3 Å². The van der Waals surface area contributed by atoms with Crippen molar-refractivity contribution in [1.82, 2.24) is 5.32 Å². The van der Waals surface area contributed by atoms with Crippen molar-refractivity contribution in [3.05, 3.63) is 35.4 Å². The number of carbonyl (C=O) groups excluding carboxylic acids is 1. The standard InChI is InChI=1S/C15H20N2OS/c1-11-5-4-6-12(9-11)10-17-14(18)15(13(16)19)7-2-3-8-15/h4-6,9H,2-3,7-8,10H2,1H3,(H2,16,19)(H,17,18). The predicted molar refractivity (Wildman–Crippen MR) is 80.7 cm³/mol. The summed E-state index contributed by atoms with van der Waals surface area (Å²) < 4.78 is 0. The zero-order chi connectivity index (χ0) is 13.9. The Morgan fingerprint density at radius 2 is 2.11 bits per heavy atom. The molecule has 0 atom stereocenters. The number of hydrogen-bond donors (Lipinski definition) is 2. The Labute approximate surface area is 119 Å². The molecular formula is C15H20N2OS. The van der Waals surface area contributed by atoms with Crippen LogP contribution in [-0.2, 0) is 11.3 Å². The van der Waals surface area contributed by atoms with Gasteiger partial charge in [0.05, 0.1) is 10.4 Å². The largest absolute Gasteiger partial charge is 0.392 e. The predicted octanol–water partition coefficient (Wildman–Crippen LogP) is 2.46. The second kappa shape index (κ2) is 5.70. The highest BCUT2D eigenvalue weighted by Crippen LogP contribution is 2.38. The minimum atomic E-state index is -0.612. The van der Waals surface area contributed by atoms with Crippen LogP contribution in [-0.4, -0.2) is 10.9 Å². The van der Waals surface area contributed by atoms with Gasteiger partial charge in [0.1, 0.15) is 0 Å². The number of carbonyl (C=O) groups is 1. The Hall–Kier alpha value is -1.42. The van der Waals surface area contributed by atoms with Crippen LogP contribution in [0.5, 0.6) is 0 Å². The molecule has 19 heavy (non-hydrogen) atoms. The first-order valence-corrected chi connectivity index (χ1v) is 7.09. The molecular weight excluding hydrogens is 256 g/mol. The molecule has 1 aliphatic rings. The van der Waals surface area contributed by atoms with Gasteiger partial charge in [-0.1, -0.05) is 54.9 Å². The molecule has 1 aromatic rings. The fourth-order valence-corrected chi connectivity index (χ4v) is 3.03. The first kappa shape index (κ1) is 14.0. The van der Waals surface area contributed by atoms with E-state index in [-0.39, 0.29) is 5.91 Å². The van der Waals surface area contributed by atoms with E-state index in [0.29, 0.717) is 11.5 Å². The average Bonchev–Trinajstić information content (AvgIpc) is 2.86. The molecule has 0 bridgehead atoms. The number of nitrogens with two attached hydrogens (primary N) is 1. The Balaban J connectivity index is 2.02. The molecule has 0 heterocycles. The number of rotatable bonds is 4. The van der Waals surface area contributed by atoms with Crippen LogP contribution in [0.2, 0.25) is 0 Å². The third-order valence-electron chi connectivity index (χ3n) is 3.90. The van der Waals surface area contributed by atoms with Crippen molar-refractivity contribution in [3.63, 3.8) is 0 Å². The fourth-order valence-electron chi connectivity index (χ4n) is 2.74. The van der Waals surface area contributed by atoms with Crippen molar-refractivity contribution in [2.45, 2.75) is 39.2 Å². The molecule has 0 aromatic heterocycles. The average molecular weight is 276 g/mol. The molecule has 3 N–H and O–H groups in total. The van der Waals surface area contributed by atoms with Crippen molar-refractivity contribution >= 4 is 23.1 Å². The summed E-state index contributed by atoms with van der Waals surface area (Å²) in [5.41, 5.74) is 7.48. The topological polar surface area (TPSA) is 55.1 Å². The number of thiocarbonyl (C=S) groups is 1. The summed E-state index contributed by atoms with van der Waals surface area (Å²) in [6, 6.07) is 8.12. The van der Waals surface area contributed by atoms with E-state index in [4.69, 9.17) is 18.0 Å². The highest BCUT2D eigenvalue weighted by atomic mass is 32.1. The van der Waals surface area contributed by atoms with E-state index in [1.807, 2.05) is 25.1 Å². The van der Waals surface area contributed by atoms with Gasteiger partial charge in [0, 0.05) is 6.54 Å². The van der Waals surface area contributed by atoms with E-state index in [1.165, 1.54) is 5.56 Å². The smallest absolute Gasteiger partial charge is 0.233 e. The zero-order valence-corrected chi connectivity index (χ0v) is 12.1. The molecule has 2 rings (SSSR count). The third-order valence-corrected chi connectivity index (χ3v) is 4.29. The summed E-state index contributed by atoms with van der Waals surface area (Å²) in [6.07, 6.45) is 3.61. The van der Waals surface area contributed by atoms with Gasteiger partial charge in [-0.05, 0) is 25.3 Å². The molecule has 1 saturated carbocycles. The number of hydrogen-bond acceptors (Lipinski definition) is 2. The van der Waals surface area contributed by atoms with Gasteiger partial charge < -0.3 is 11.1 Å². The normalized spacial score (nSPS) is 17.1. The molecule has 1 amide bonds.